The number of nitrogens with two attached hydrogens (primary N) is 1. The van der Waals surface area contributed by atoms with Crippen LogP contribution in [-0.2, 0) is 4.79 Å². The van der Waals surface area contributed by atoms with E-state index in [0.29, 0.717) is 19.4 Å². The molecule has 1 aliphatic heterocycles. The normalized spacial score (nSPS) is 24.5. The van der Waals surface area contributed by atoms with Crippen molar-refractivity contribution in [1.82, 2.24) is 10.2 Å². The molecule has 1 rings (SSSR count). The Morgan fingerprint density at radius 1 is 1.43 bits per heavy atom. The molecular weight excluding hydrogens is 274 g/mol. The van der Waals surface area contributed by atoms with E-state index >= 15 is 0 Å². The van der Waals surface area contributed by atoms with Gasteiger partial charge in [-0.1, -0.05) is 0 Å². The zero-order valence-electron chi connectivity index (χ0n) is 13.0. The van der Waals surface area contributed by atoms with Gasteiger partial charge in [0, 0.05) is 25.2 Å². The third kappa shape index (κ3) is 5.51. The van der Waals surface area contributed by atoms with Gasteiger partial charge in [0.05, 0.1) is 12.0 Å². The van der Waals surface area contributed by atoms with Gasteiger partial charge in [0.1, 0.15) is 0 Å². The molecular formula is C14H27N3O4. The first kappa shape index (κ1) is 17.7. The molecule has 7 nitrogen and oxygen atoms in total. The van der Waals surface area contributed by atoms with Crippen LogP contribution in [0.25, 0.3) is 0 Å². The van der Waals surface area contributed by atoms with E-state index < -0.39 is 18.1 Å². The number of piperidine rings is 1. The zero-order chi connectivity index (χ0) is 16.2. The van der Waals surface area contributed by atoms with Gasteiger partial charge in [0.2, 0.25) is 5.91 Å². The highest BCUT2D eigenvalue weighted by Crippen LogP contribution is 2.28. The lowest BCUT2D eigenvalue weighted by molar-refractivity contribution is -0.130. The molecule has 0 saturated carbocycles. The molecule has 0 aromatic carbocycles. The van der Waals surface area contributed by atoms with Gasteiger partial charge < -0.3 is 26.2 Å². The lowest BCUT2D eigenvalue weighted by atomic mass is 9.80. The Morgan fingerprint density at radius 2 is 2.05 bits per heavy atom. The number of amides is 2. The van der Waals surface area contributed by atoms with Gasteiger partial charge in [-0.15, -0.1) is 0 Å². The van der Waals surface area contributed by atoms with E-state index in [9.17, 15) is 14.7 Å². The molecule has 0 spiro atoms. The Labute approximate surface area is 125 Å². The monoisotopic (exact) mass is 301 g/mol. The van der Waals surface area contributed by atoms with Crippen molar-refractivity contribution in [2.24, 2.45) is 17.6 Å². The Balaban J connectivity index is 2.81. The quantitative estimate of drug-likeness (QED) is 0.593. The minimum absolute atomic E-state index is 0.0542. The van der Waals surface area contributed by atoms with Crippen molar-refractivity contribution in [3.05, 3.63) is 0 Å². The van der Waals surface area contributed by atoms with Crippen LogP contribution in [0.3, 0.4) is 0 Å². The fraction of sp³-hybridized carbons (Fsp3) is 0.857. The average molecular weight is 301 g/mol. The predicted octanol–water partition coefficient (Wildman–Crippen LogP) is 0.227. The smallest absolute Gasteiger partial charge is 0.407 e. The molecule has 3 atom stereocenters. The fourth-order valence-corrected chi connectivity index (χ4v) is 2.66. The number of nitrogens with one attached hydrogen (secondary N) is 1. The first-order valence-electron chi connectivity index (χ1n) is 7.32. The molecule has 1 aliphatic rings. The number of carbonyl (C=O) groups excluding carboxylic acids is 1. The summed E-state index contributed by atoms with van der Waals surface area (Å²) in [6, 6.07) is 0. The highest BCUT2D eigenvalue weighted by atomic mass is 16.4. The van der Waals surface area contributed by atoms with Crippen molar-refractivity contribution in [2.75, 3.05) is 19.6 Å². The maximum Gasteiger partial charge on any atom is 0.407 e. The minimum Gasteiger partial charge on any atom is -0.465 e. The van der Waals surface area contributed by atoms with E-state index in [1.165, 1.54) is 4.90 Å². The van der Waals surface area contributed by atoms with Crippen LogP contribution in [0, 0.1) is 11.8 Å². The molecule has 1 heterocycles. The number of carbonyl (C=O) groups is 2. The Bertz CT molecular complexity index is 381. The van der Waals surface area contributed by atoms with Crippen molar-refractivity contribution in [3.8, 4) is 0 Å². The summed E-state index contributed by atoms with van der Waals surface area (Å²) in [5, 5.41) is 21.7. The van der Waals surface area contributed by atoms with Crippen molar-refractivity contribution in [3.63, 3.8) is 0 Å². The summed E-state index contributed by atoms with van der Waals surface area (Å²) in [4.78, 5) is 24.8. The number of rotatable bonds is 4. The number of nitrogens with zero attached hydrogens (tertiary/aromatic N) is 1. The van der Waals surface area contributed by atoms with Crippen molar-refractivity contribution in [1.29, 1.82) is 0 Å². The largest absolute Gasteiger partial charge is 0.465 e. The van der Waals surface area contributed by atoms with Crippen molar-refractivity contribution in [2.45, 2.75) is 45.3 Å². The Morgan fingerprint density at radius 3 is 2.52 bits per heavy atom. The summed E-state index contributed by atoms with van der Waals surface area (Å²) in [7, 11) is 0. The second-order valence-electron chi connectivity index (χ2n) is 6.75. The van der Waals surface area contributed by atoms with Gasteiger partial charge in [-0.2, -0.15) is 0 Å². The summed E-state index contributed by atoms with van der Waals surface area (Å²) in [5.41, 5.74) is 5.06. The predicted molar refractivity (Wildman–Crippen MR) is 78.8 cm³/mol. The second-order valence-corrected chi connectivity index (χ2v) is 6.75. The van der Waals surface area contributed by atoms with E-state index in [0.717, 1.165) is 0 Å². The lowest BCUT2D eigenvalue weighted by Gasteiger charge is -2.38. The topological polar surface area (TPSA) is 116 Å². The molecule has 122 valence electrons. The summed E-state index contributed by atoms with van der Waals surface area (Å²) in [6.45, 7) is 6.34. The van der Waals surface area contributed by atoms with Crippen LogP contribution < -0.4 is 11.1 Å². The molecule has 1 fully saturated rings. The summed E-state index contributed by atoms with van der Waals surface area (Å²) < 4.78 is 0. The van der Waals surface area contributed by atoms with Crippen LogP contribution >= 0.6 is 0 Å². The molecule has 7 heteroatoms. The highest BCUT2D eigenvalue weighted by molar-refractivity contribution is 5.80. The van der Waals surface area contributed by atoms with E-state index in [1.54, 1.807) is 0 Å². The molecule has 21 heavy (non-hydrogen) atoms. The highest BCUT2D eigenvalue weighted by Gasteiger charge is 2.37. The molecule has 2 amide bonds. The molecule has 0 bridgehead atoms. The molecule has 1 saturated heterocycles. The molecule has 0 aliphatic carbocycles. The van der Waals surface area contributed by atoms with Gasteiger partial charge in [-0.25, -0.2) is 4.79 Å². The SMILES string of the molecule is CC(C)(C)NC(=O)C1CN(C(=O)O)CCC1C[C@H](O)CN. The van der Waals surface area contributed by atoms with Crippen LogP contribution in [-0.4, -0.2) is 58.4 Å². The van der Waals surface area contributed by atoms with Crippen LogP contribution in [0.5, 0.6) is 0 Å². The first-order chi connectivity index (χ1) is 9.64. The van der Waals surface area contributed by atoms with E-state index in [-0.39, 0.29) is 30.5 Å². The summed E-state index contributed by atoms with van der Waals surface area (Å²) in [6.07, 6.45) is -0.685. The van der Waals surface area contributed by atoms with Crippen molar-refractivity contribution < 1.29 is 19.8 Å². The maximum atomic E-state index is 12.4. The maximum absolute atomic E-state index is 12.4. The van der Waals surface area contributed by atoms with Crippen LogP contribution in [0.2, 0.25) is 0 Å². The fourth-order valence-electron chi connectivity index (χ4n) is 2.66. The molecule has 2 unspecified atom stereocenters. The van der Waals surface area contributed by atoms with Crippen LogP contribution in [0.4, 0.5) is 4.79 Å². The number of aliphatic hydroxyl groups is 1. The number of hydrogen-bond donors (Lipinski definition) is 4. The number of hydrogen-bond acceptors (Lipinski definition) is 4. The summed E-state index contributed by atoms with van der Waals surface area (Å²) in [5.74, 6) is -0.667. The van der Waals surface area contributed by atoms with Crippen LogP contribution in [0.15, 0.2) is 0 Å². The van der Waals surface area contributed by atoms with Crippen molar-refractivity contribution >= 4 is 12.0 Å². The number of carboxylic acid groups (broad SMARTS) is 1. The Hall–Kier alpha value is -1.34. The van der Waals surface area contributed by atoms with Gasteiger partial charge in [-0.3, -0.25) is 4.79 Å². The van der Waals surface area contributed by atoms with Crippen LogP contribution in [0.1, 0.15) is 33.6 Å². The average Bonchev–Trinajstić information content (AvgIpc) is 2.36. The van der Waals surface area contributed by atoms with Gasteiger partial charge in [0.15, 0.2) is 0 Å². The first-order valence-corrected chi connectivity index (χ1v) is 7.32. The molecule has 5 N–H and O–H groups in total. The van der Waals surface area contributed by atoms with Gasteiger partial charge in [-0.05, 0) is 39.5 Å². The standard InChI is InChI=1S/C14H27N3O4/c1-14(2,3)16-12(19)11-8-17(13(20)21)5-4-9(11)6-10(18)7-15/h9-11,18H,4-8,15H2,1-3H3,(H,16,19)(H,20,21)/t9?,10-,11?/m0/s1. The molecule has 0 aromatic heterocycles. The van der Waals surface area contributed by atoms with Gasteiger partial charge >= 0.3 is 6.09 Å². The molecule has 0 radical (unpaired) electrons. The van der Waals surface area contributed by atoms with Gasteiger partial charge in [0.25, 0.3) is 0 Å². The Kier molecular flexibility index (Phi) is 5.98. The van der Waals surface area contributed by atoms with E-state index in [4.69, 9.17) is 10.8 Å². The second kappa shape index (κ2) is 7.09. The van der Waals surface area contributed by atoms with E-state index in [2.05, 4.69) is 5.32 Å². The molecule has 0 aromatic rings. The van der Waals surface area contributed by atoms with E-state index in [1.807, 2.05) is 20.8 Å². The number of likely N-dealkylation sites (tertiary alicyclic amines) is 1. The number of aliphatic hydroxyl groups excluding tert-OH is 1. The summed E-state index contributed by atoms with van der Waals surface area (Å²) >= 11 is 0. The third-order valence-electron chi connectivity index (χ3n) is 3.71. The third-order valence-corrected chi connectivity index (χ3v) is 3.71. The zero-order valence-corrected chi connectivity index (χ0v) is 13.0. The lowest BCUT2D eigenvalue weighted by Crippen LogP contribution is -2.53. The minimum atomic E-state index is -1.01.